The second-order valence-corrected chi connectivity index (χ2v) is 9.40. The molecular weight excluding hydrogens is 473 g/mol. The molecule has 0 aliphatic heterocycles. The highest BCUT2D eigenvalue weighted by atomic mass is 35.5. The SMILES string of the molecule is O=C(Nc1ncc(Cc2ccccc2Cl)s1)c1cc(-c2ccccc2)nc2ccc(Cl)cc12. The highest BCUT2D eigenvalue weighted by Gasteiger charge is 2.16. The van der Waals surface area contributed by atoms with Gasteiger partial charge in [0.1, 0.15) is 0 Å². The lowest BCUT2D eigenvalue weighted by Crippen LogP contribution is -2.13. The van der Waals surface area contributed by atoms with Crippen LogP contribution in [0.25, 0.3) is 22.2 Å². The Hall–Kier alpha value is -3.25. The number of pyridine rings is 1. The molecule has 4 nitrogen and oxygen atoms in total. The standard InChI is InChI=1S/C26H17Cl2N3OS/c27-18-10-11-23-20(13-18)21(14-24(30-23)16-6-2-1-3-7-16)25(32)31-26-29-15-19(33-26)12-17-8-4-5-9-22(17)28/h1-11,13-15H,12H2,(H,29,31,32). The molecule has 0 saturated heterocycles. The topological polar surface area (TPSA) is 54.9 Å². The molecule has 0 aliphatic carbocycles. The molecule has 0 aliphatic rings. The van der Waals surface area contributed by atoms with Gasteiger partial charge in [-0.2, -0.15) is 0 Å². The van der Waals surface area contributed by atoms with Crippen LogP contribution in [0.3, 0.4) is 0 Å². The summed E-state index contributed by atoms with van der Waals surface area (Å²) in [7, 11) is 0. The van der Waals surface area contributed by atoms with Crippen molar-refractivity contribution in [2.24, 2.45) is 0 Å². The maximum absolute atomic E-state index is 13.3. The van der Waals surface area contributed by atoms with Crippen molar-refractivity contribution < 1.29 is 4.79 Å². The molecule has 2 aromatic heterocycles. The lowest BCUT2D eigenvalue weighted by Gasteiger charge is -2.10. The van der Waals surface area contributed by atoms with Crippen LogP contribution in [0.2, 0.25) is 10.0 Å². The van der Waals surface area contributed by atoms with E-state index in [9.17, 15) is 4.79 Å². The summed E-state index contributed by atoms with van der Waals surface area (Å²) in [5.41, 5.74) is 3.85. The third-order valence-corrected chi connectivity index (χ3v) is 6.70. The van der Waals surface area contributed by atoms with Gasteiger partial charge in [-0.05, 0) is 35.9 Å². The van der Waals surface area contributed by atoms with Gasteiger partial charge in [0.2, 0.25) is 0 Å². The average molecular weight is 490 g/mol. The van der Waals surface area contributed by atoms with Gasteiger partial charge in [0.15, 0.2) is 5.13 Å². The van der Waals surface area contributed by atoms with Crippen LogP contribution in [0.4, 0.5) is 5.13 Å². The summed E-state index contributed by atoms with van der Waals surface area (Å²) in [6.07, 6.45) is 2.42. The molecule has 33 heavy (non-hydrogen) atoms. The molecule has 1 amide bonds. The lowest BCUT2D eigenvalue weighted by molar-refractivity contribution is 0.102. The Balaban J connectivity index is 1.46. The molecule has 3 aromatic carbocycles. The smallest absolute Gasteiger partial charge is 0.258 e. The van der Waals surface area contributed by atoms with E-state index in [1.807, 2.05) is 60.7 Å². The van der Waals surface area contributed by atoms with E-state index in [0.29, 0.717) is 43.8 Å². The van der Waals surface area contributed by atoms with Crippen LogP contribution >= 0.6 is 34.5 Å². The van der Waals surface area contributed by atoms with E-state index in [-0.39, 0.29) is 5.91 Å². The van der Waals surface area contributed by atoms with Crippen LogP contribution in [0.15, 0.2) is 85.1 Å². The van der Waals surface area contributed by atoms with Crippen molar-refractivity contribution in [3.8, 4) is 11.3 Å². The summed E-state index contributed by atoms with van der Waals surface area (Å²) in [5, 5.41) is 5.40. The number of anilines is 1. The first-order valence-corrected chi connectivity index (χ1v) is 11.8. The normalized spacial score (nSPS) is 11.0. The Kier molecular flexibility index (Phi) is 6.09. The van der Waals surface area contributed by atoms with E-state index in [1.54, 1.807) is 24.4 Å². The van der Waals surface area contributed by atoms with E-state index >= 15 is 0 Å². The zero-order valence-corrected chi connectivity index (χ0v) is 19.6. The van der Waals surface area contributed by atoms with Crippen molar-refractivity contribution >= 4 is 56.5 Å². The molecular formula is C26H17Cl2N3OS. The third kappa shape index (κ3) is 4.76. The maximum atomic E-state index is 13.3. The van der Waals surface area contributed by atoms with E-state index in [2.05, 4.69) is 10.3 Å². The van der Waals surface area contributed by atoms with E-state index in [4.69, 9.17) is 28.2 Å². The Morgan fingerprint density at radius 2 is 1.73 bits per heavy atom. The van der Waals surface area contributed by atoms with Crippen molar-refractivity contribution in [3.63, 3.8) is 0 Å². The van der Waals surface area contributed by atoms with Gasteiger partial charge in [-0.1, -0.05) is 71.7 Å². The fraction of sp³-hybridized carbons (Fsp3) is 0.0385. The number of thiazole rings is 1. The van der Waals surface area contributed by atoms with Crippen molar-refractivity contribution in [1.29, 1.82) is 0 Å². The summed E-state index contributed by atoms with van der Waals surface area (Å²) >= 11 is 13.9. The Morgan fingerprint density at radius 1 is 0.939 bits per heavy atom. The minimum absolute atomic E-state index is 0.263. The van der Waals surface area contributed by atoms with Gasteiger partial charge in [-0.25, -0.2) is 9.97 Å². The predicted octanol–water partition coefficient (Wildman–Crippen LogP) is 7.51. The van der Waals surface area contributed by atoms with Gasteiger partial charge >= 0.3 is 0 Å². The molecule has 0 bridgehead atoms. The molecule has 2 heterocycles. The van der Waals surface area contributed by atoms with Gasteiger partial charge in [0, 0.05) is 38.5 Å². The van der Waals surface area contributed by atoms with Crippen LogP contribution in [-0.2, 0) is 6.42 Å². The van der Waals surface area contributed by atoms with E-state index < -0.39 is 0 Å². The molecule has 162 valence electrons. The van der Waals surface area contributed by atoms with Gasteiger partial charge in [0.25, 0.3) is 5.91 Å². The average Bonchev–Trinajstić information content (AvgIpc) is 3.27. The van der Waals surface area contributed by atoms with Crippen molar-refractivity contribution in [2.45, 2.75) is 6.42 Å². The van der Waals surface area contributed by atoms with Gasteiger partial charge in [0.05, 0.1) is 16.8 Å². The first-order chi connectivity index (χ1) is 16.1. The number of halogens is 2. The second kappa shape index (κ2) is 9.32. The summed E-state index contributed by atoms with van der Waals surface area (Å²) in [6, 6.07) is 24.6. The van der Waals surface area contributed by atoms with Crippen LogP contribution in [0, 0.1) is 0 Å². The monoisotopic (exact) mass is 489 g/mol. The number of rotatable bonds is 5. The maximum Gasteiger partial charge on any atom is 0.258 e. The third-order valence-electron chi connectivity index (χ3n) is 5.18. The number of hydrogen-bond donors (Lipinski definition) is 1. The van der Waals surface area contributed by atoms with Gasteiger partial charge in [-0.15, -0.1) is 11.3 Å². The Morgan fingerprint density at radius 3 is 2.55 bits per heavy atom. The summed E-state index contributed by atoms with van der Waals surface area (Å²) < 4.78 is 0. The largest absolute Gasteiger partial charge is 0.298 e. The number of aromatic nitrogens is 2. The molecule has 0 spiro atoms. The molecule has 0 fully saturated rings. The summed E-state index contributed by atoms with van der Waals surface area (Å²) in [4.78, 5) is 23.4. The van der Waals surface area contributed by atoms with E-state index in [0.717, 1.165) is 16.0 Å². The molecule has 0 radical (unpaired) electrons. The summed E-state index contributed by atoms with van der Waals surface area (Å²) in [6.45, 7) is 0. The van der Waals surface area contributed by atoms with Crippen molar-refractivity contribution in [3.05, 3.63) is 111 Å². The predicted molar refractivity (Wildman–Crippen MR) is 137 cm³/mol. The Bertz CT molecular complexity index is 1470. The van der Waals surface area contributed by atoms with Gasteiger partial charge < -0.3 is 0 Å². The van der Waals surface area contributed by atoms with Crippen molar-refractivity contribution in [1.82, 2.24) is 9.97 Å². The molecule has 0 unspecified atom stereocenters. The fourth-order valence-electron chi connectivity index (χ4n) is 3.58. The van der Waals surface area contributed by atoms with Gasteiger partial charge in [-0.3, -0.25) is 10.1 Å². The molecule has 7 heteroatoms. The van der Waals surface area contributed by atoms with Crippen LogP contribution in [-0.4, -0.2) is 15.9 Å². The molecule has 0 saturated carbocycles. The first-order valence-electron chi connectivity index (χ1n) is 10.2. The zero-order valence-electron chi connectivity index (χ0n) is 17.3. The molecule has 0 atom stereocenters. The van der Waals surface area contributed by atoms with Crippen LogP contribution < -0.4 is 5.32 Å². The number of hydrogen-bond acceptors (Lipinski definition) is 4. The number of carbonyl (C=O) groups excluding carboxylic acids is 1. The van der Waals surface area contributed by atoms with Crippen LogP contribution in [0.1, 0.15) is 20.8 Å². The number of benzene rings is 3. The minimum atomic E-state index is -0.263. The number of fused-ring (bicyclic) bond motifs is 1. The number of carbonyl (C=O) groups is 1. The quantitative estimate of drug-likeness (QED) is 0.277. The van der Waals surface area contributed by atoms with Crippen molar-refractivity contribution in [2.75, 3.05) is 5.32 Å². The number of nitrogens with one attached hydrogen (secondary N) is 1. The highest BCUT2D eigenvalue weighted by molar-refractivity contribution is 7.15. The summed E-state index contributed by atoms with van der Waals surface area (Å²) in [5.74, 6) is -0.263. The zero-order chi connectivity index (χ0) is 22.8. The Labute approximate surface area is 204 Å². The molecule has 1 N–H and O–H groups in total. The molecule has 5 aromatic rings. The van der Waals surface area contributed by atoms with Crippen LogP contribution in [0.5, 0.6) is 0 Å². The highest BCUT2D eigenvalue weighted by Crippen LogP contribution is 2.29. The fourth-order valence-corrected chi connectivity index (χ4v) is 4.79. The number of amides is 1. The molecule has 5 rings (SSSR count). The minimum Gasteiger partial charge on any atom is -0.298 e. The lowest BCUT2D eigenvalue weighted by atomic mass is 10.0. The van der Waals surface area contributed by atoms with E-state index in [1.165, 1.54) is 11.3 Å². The first kappa shape index (κ1) is 21.6. The second-order valence-electron chi connectivity index (χ2n) is 7.44. The number of nitrogens with zero attached hydrogens (tertiary/aromatic N) is 2.